The lowest BCUT2D eigenvalue weighted by Crippen LogP contribution is -2.21. The topological polar surface area (TPSA) is 104 Å². The highest BCUT2D eigenvalue weighted by Gasteiger charge is 2.32. The third-order valence-electron chi connectivity index (χ3n) is 6.80. The molecule has 7 nitrogen and oxygen atoms in total. The van der Waals surface area contributed by atoms with Gasteiger partial charge in [0.1, 0.15) is 29.7 Å². The van der Waals surface area contributed by atoms with Crippen molar-refractivity contribution >= 4 is 17.6 Å². The zero-order chi connectivity index (χ0) is 29.6. The standard InChI is InChI=1S/C34H29ClN2O5/c1-3-39-31-17-24(10-15-29(31)40-20-23-6-4-21(2)5-7-23)33-27-14-13-26(18-30(27)42-34(37)28(33)19-36)41-32(38)16-22-8-11-25(35)12-9-22/h4-15,17-18,33H,3,16,20,37H2,1-2H3. The summed E-state index contributed by atoms with van der Waals surface area (Å²) >= 11 is 5.93. The van der Waals surface area contributed by atoms with E-state index in [0.29, 0.717) is 46.8 Å². The van der Waals surface area contributed by atoms with Crippen molar-refractivity contribution in [2.45, 2.75) is 32.8 Å². The van der Waals surface area contributed by atoms with Crippen LogP contribution in [0, 0.1) is 18.3 Å². The number of nitrogens with two attached hydrogens (primary N) is 1. The molecule has 42 heavy (non-hydrogen) atoms. The van der Waals surface area contributed by atoms with E-state index < -0.39 is 11.9 Å². The number of ether oxygens (including phenoxy) is 4. The molecule has 0 bridgehead atoms. The second-order valence-electron chi connectivity index (χ2n) is 9.82. The second kappa shape index (κ2) is 12.7. The Hall–Kier alpha value is -4.93. The molecule has 0 saturated carbocycles. The van der Waals surface area contributed by atoms with E-state index in [-0.39, 0.29) is 17.9 Å². The fraction of sp³-hybridized carbons (Fsp3) is 0.176. The van der Waals surface area contributed by atoms with Crippen LogP contribution in [0.1, 0.15) is 40.7 Å². The van der Waals surface area contributed by atoms with Gasteiger partial charge in [-0.2, -0.15) is 5.26 Å². The van der Waals surface area contributed by atoms with Crippen LogP contribution >= 0.6 is 11.6 Å². The van der Waals surface area contributed by atoms with Gasteiger partial charge < -0.3 is 24.7 Å². The van der Waals surface area contributed by atoms with Gasteiger partial charge in [0.05, 0.1) is 18.9 Å². The zero-order valence-electron chi connectivity index (χ0n) is 23.2. The number of halogens is 1. The molecular formula is C34H29ClN2O5. The number of carbonyl (C=O) groups is 1. The highest BCUT2D eigenvalue weighted by atomic mass is 35.5. The van der Waals surface area contributed by atoms with E-state index >= 15 is 0 Å². The van der Waals surface area contributed by atoms with Crippen molar-refractivity contribution in [3.05, 3.63) is 129 Å². The third kappa shape index (κ3) is 6.51. The number of carbonyl (C=O) groups excluding carboxylic acids is 1. The van der Waals surface area contributed by atoms with Crippen LogP contribution in [0.25, 0.3) is 0 Å². The number of esters is 1. The van der Waals surface area contributed by atoms with Gasteiger partial charge in [-0.1, -0.05) is 65.7 Å². The molecule has 0 aliphatic carbocycles. The molecule has 0 radical (unpaired) electrons. The van der Waals surface area contributed by atoms with Crippen LogP contribution in [0.15, 0.2) is 96.4 Å². The Kier molecular flexibility index (Phi) is 8.66. The summed E-state index contributed by atoms with van der Waals surface area (Å²) in [7, 11) is 0. The van der Waals surface area contributed by atoms with Gasteiger partial charge in [0.2, 0.25) is 5.88 Å². The number of allylic oxidation sites excluding steroid dienone is 1. The van der Waals surface area contributed by atoms with E-state index in [1.807, 2.05) is 56.3 Å². The molecule has 4 aromatic carbocycles. The lowest BCUT2D eigenvalue weighted by atomic mass is 9.83. The van der Waals surface area contributed by atoms with E-state index in [9.17, 15) is 10.1 Å². The van der Waals surface area contributed by atoms with Gasteiger partial charge in [0.15, 0.2) is 11.5 Å². The molecule has 5 rings (SSSR count). The Morgan fingerprint density at radius 1 is 0.952 bits per heavy atom. The SMILES string of the molecule is CCOc1cc(C2C(C#N)=C(N)Oc3cc(OC(=O)Cc4ccc(Cl)cc4)ccc32)ccc1OCc1ccc(C)cc1. The van der Waals surface area contributed by atoms with Crippen molar-refractivity contribution in [1.29, 1.82) is 5.26 Å². The number of nitrogens with zero attached hydrogens (tertiary/aromatic N) is 1. The summed E-state index contributed by atoms with van der Waals surface area (Å²) in [5, 5.41) is 10.6. The van der Waals surface area contributed by atoms with Crippen molar-refractivity contribution in [3.63, 3.8) is 0 Å². The minimum absolute atomic E-state index is 0.0164. The predicted molar refractivity (Wildman–Crippen MR) is 160 cm³/mol. The number of rotatable bonds is 9. The third-order valence-corrected chi connectivity index (χ3v) is 7.05. The molecular weight excluding hydrogens is 552 g/mol. The van der Waals surface area contributed by atoms with Crippen LogP contribution < -0.4 is 24.7 Å². The fourth-order valence-corrected chi connectivity index (χ4v) is 4.84. The van der Waals surface area contributed by atoms with Gasteiger partial charge in [0.25, 0.3) is 0 Å². The number of aryl methyl sites for hydroxylation is 1. The fourth-order valence-electron chi connectivity index (χ4n) is 4.72. The van der Waals surface area contributed by atoms with E-state index in [2.05, 4.69) is 6.07 Å². The van der Waals surface area contributed by atoms with Crippen molar-refractivity contribution < 1.29 is 23.7 Å². The average Bonchev–Trinajstić information content (AvgIpc) is 2.98. The maximum atomic E-state index is 12.6. The summed E-state index contributed by atoms with van der Waals surface area (Å²) in [6, 6.07) is 28.0. The molecule has 4 aromatic rings. The second-order valence-corrected chi connectivity index (χ2v) is 10.3. The first kappa shape index (κ1) is 28.6. The summed E-state index contributed by atoms with van der Waals surface area (Å²) in [6.07, 6.45) is 0.0803. The molecule has 0 amide bonds. The quantitative estimate of drug-likeness (QED) is 0.168. The molecule has 1 atom stereocenters. The van der Waals surface area contributed by atoms with Gasteiger partial charge in [-0.3, -0.25) is 4.79 Å². The monoisotopic (exact) mass is 580 g/mol. The molecule has 0 fully saturated rings. The average molecular weight is 581 g/mol. The van der Waals surface area contributed by atoms with Gasteiger partial charge in [-0.05, 0) is 60.9 Å². The molecule has 0 aromatic heterocycles. The van der Waals surface area contributed by atoms with Crippen LogP contribution in [0.4, 0.5) is 0 Å². The van der Waals surface area contributed by atoms with Crippen LogP contribution in [0.5, 0.6) is 23.0 Å². The lowest BCUT2D eigenvalue weighted by Gasteiger charge is -2.27. The number of hydrogen-bond donors (Lipinski definition) is 1. The maximum absolute atomic E-state index is 12.6. The molecule has 1 aliphatic heterocycles. The molecule has 2 N–H and O–H groups in total. The van der Waals surface area contributed by atoms with Gasteiger partial charge in [-0.25, -0.2) is 0 Å². The van der Waals surface area contributed by atoms with Crippen molar-refractivity contribution in [2.75, 3.05) is 6.61 Å². The van der Waals surface area contributed by atoms with Crippen LogP contribution in [0.2, 0.25) is 5.02 Å². The van der Waals surface area contributed by atoms with Crippen LogP contribution in [-0.2, 0) is 17.8 Å². The lowest BCUT2D eigenvalue weighted by molar-refractivity contribution is -0.133. The first-order valence-corrected chi connectivity index (χ1v) is 13.8. The Labute approximate surface area is 249 Å². The molecule has 0 saturated heterocycles. The highest BCUT2D eigenvalue weighted by Crippen LogP contribution is 2.45. The highest BCUT2D eigenvalue weighted by molar-refractivity contribution is 6.30. The Balaban J connectivity index is 1.40. The summed E-state index contributed by atoms with van der Waals surface area (Å²) in [5.41, 5.74) is 11.0. The number of nitriles is 1. The maximum Gasteiger partial charge on any atom is 0.315 e. The molecule has 1 heterocycles. The Bertz CT molecular complexity index is 1670. The zero-order valence-corrected chi connectivity index (χ0v) is 24.0. The molecule has 1 unspecified atom stereocenters. The minimum atomic E-state index is -0.525. The summed E-state index contributed by atoms with van der Waals surface area (Å²) in [4.78, 5) is 12.6. The smallest absolute Gasteiger partial charge is 0.315 e. The number of fused-ring (bicyclic) bond motifs is 1. The largest absolute Gasteiger partial charge is 0.490 e. The summed E-state index contributed by atoms with van der Waals surface area (Å²) in [5.74, 6) is 0.861. The first-order valence-electron chi connectivity index (χ1n) is 13.5. The summed E-state index contributed by atoms with van der Waals surface area (Å²) < 4.78 is 23.4. The van der Waals surface area contributed by atoms with Gasteiger partial charge in [-0.15, -0.1) is 0 Å². The van der Waals surface area contributed by atoms with E-state index in [1.165, 1.54) is 5.56 Å². The number of hydrogen-bond acceptors (Lipinski definition) is 7. The predicted octanol–water partition coefficient (Wildman–Crippen LogP) is 6.99. The molecule has 8 heteroatoms. The van der Waals surface area contributed by atoms with Crippen molar-refractivity contribution in [2.24, 2.45) is 5.73 Å². The Morgan fingerprint density at radius 2 is 1.69 bits per heavy atom. The Morgan fingerprint density at radius 3 is 2.40 bits per heavy atom. The first-order chi connectivity index (χ1) is 20.3. The van der Waals surface area contributed by atoms with Crippen LogP contribution in [-0.4, -0.2) is 12.6 Å². The molecule has 212 valence electrons. The van der Waals surface area contributed by atoms with Crippen molar-refractivity contribution in [3.8, 4) is 29.1 Å². The molecule has 0 spiro atoms. The van der Waals surface area contributed by atoms with E-state index in [4.69, 9.17) is 36.3 Å². The van der Waals surface area contributed by atoms with Gasteiger partial charge >= 0.3 is 5.97 Å². The normalized spacial score (nSPS) is 13.9. The number of benzene rings is 4. The summed E-state index contributed by atoms with van der Waals surface area (Å²) in [6.45, 7) is 4.75. The van der Waals surface area contributed by atoms with E-state index in [1.54, 1.807) is 42.5 Å². The van der Waals surface area contributed by atoms with E-state index in [0.717, 1.165) is 16.7 Å². The molecule has 1 aliphatic rings. The van der Waals surface area contributed by atoms with Crippen molar-refractivity contribution in [1.82, 2.24) is 0 Å². The van der Waals surface area contributed by atoms with Gasteiger partial charge in [0, 0.05) is 16.7 Å². The minimum Gasteiger partial charge on any atom is -0.490 e. The van der Waals surface area contributed by atoms with Crippen LogP contribution in [0.3, 0.4) is 0 Å².